The zero-order valence-electron chi connectivity index (χ0n) is 11.3. The summed E-state index contributed by atoms with van der Waals surface area (Å²) in [6.45, 7) is -2.60. The second-order valence-corrected chi connectivity index (χ2v) is 4.45. The number of rotatable bonds is 6. The molecule has 0 atom stereocenters. The minimum atomic E-state index is -3.09. The summed E-state index contributed by atoms with van der Waals surface area (Å²) in [5, 5.41) is 6.99. The lowest BCUT2D eigenvalue weighted by Crippen LogP contribution is -2.09. The van der Waals surface area contributed by atoms with Crippen LogP contribution < -0.4 is 15.8 Å². The SMILES string of the molecule is Cn1cc(CCNc2cc(OC(F)F)c(F)cc2N)cn1. The number of hydrogen-bond acceptors (Lipinski definition) is 4. The molecule has 0 saturated heterocycles. The van der Waals surface area contributed by atoms with Crippen LogP contribution in [-0.4, -0.2) is 22.9 Å². The molecule has 0 fully saturated rings. The molecule has 3 N–H and O–H groups in total. The molecule has 0 unspecified atom stereocenters. The second-order valence-electron chi connectivity index (χ2n) is 4.45. The molecule has 0 amide bonds. The molecule has 0 saturated carbocycles. The highest BCUT2D eigenvalue weighted by molar-refractivity contribution is 5.68. The van der Waals surface area contributed by atoms with Gasteiger partial charge in [-0.05, 0) is 12.0 Å². The van der Waals surface area contributed by atoms with E-state index in [1.54, 1.807) is 10.9 Å². The molecule has 2 rings (SSSR count). The highest BCUT2D eigenvalue weighted by atomic mass is 19.3. The van der Waals surface area contributed by atoms with Crippen molar-refractivity contribution in [2.45, 2.75) is 13.0 Å². The van der Waals surface area contributed by atoms with E-state index in [1.807, 2.05) is 13.2 Å². The zero-order chi connectivity index (χ0) is 15.4. The topological polar surface area (TPSA) is 65.1 Å². The van der Waals surface area contributed by atoms with Crippen molar-refractivity contribution in [2.24, 2.45) is 7.05 Å². The Kier molecular flexibility index (Phi) is 4.56. The van der Waals surface area contributed by atoms with Gasteiger partial charge in [0.25, 0.3) is 0 Å². The highest BCUT2D eigenvalue weighted by Crippen LogP contribution is 2.29. The molecule has 0 radical (unpaired) electrons. The van der Waals surface area contributed by atoms with Gasteiger partial charge >= 0.3 is 6.61 Å². The van der Waals surface area contributed by atoms with Crippen molar-refractivity contribution in [1.82, 2.24) is 9.78 Å². The van der Waals surface area contributed by atoms with Crippen molar-refractivity contribution in [3.63, 3.8) is 0 Å². The van der Waals surface area contributed by atoms with Gasteiger partial charge in [0, 0.05) is 31.9 Å². The van der Waals surface area contributed by atoms with Crippen LogP contribution in [0.2, 0.25) is 0 Å². The first-order chi connectivity index (χ1) is 9.95. The van der Waals surface area contributed by atoms with Gasteiger partial charge < -0.3 is 15.8 Å². The molecule has 0 bridgehead atoms. The number of alkyl halides is 2. The van der Waals surface area contributed by atoms with Crippen LogP contribution >= 0.6 is 0 Å². The average Bonchev–Trinajstić information content (AvgIpc) is 2.80. The van der Waals surface area contributed by atoms with Gasteiger partial charge in [0.05, 0.1) is 17.6 Å². The summed E-state index contributed by atoms with van der Waals surface area (Å²) in [5.74, 6) is -1.46. The predicted octanol–water partition coefficient (Wildman–Crippen LogP) is 2.40. The number of nitrogens with one attached hydrogen (secondary N) is 1. The first-order valence-electron chi connectivity index (χ1n) is 6.21. The Morgan fingerprint density at radius 1 is 1.43 bits per heavy atom. The molecule has 2 aromatic rings. The number of benzene rings is 1. The fourth-order valence-corrected chi connectivity index (χ4v) is 1.85. The molecular weight excluding hydrogens is 285 g/mol. The number of halogens is 3. The maximum atomic E-state index is 13.4. The Labute approximate surface area is 119 Å². The van der Waals surface area contributed by atoms with Gasteiger partial charge in [-0.3, -0.25) is 4.68 Å². The molecule has 0 spiro atoms. The van der Waals surface area contributed by atoms with Crippen LogP contribution in [0.5, 0.6) is 5.75 Å². The highest BCUT2D eigenvalue weighted by Gasteiger charge is 2.13. The van der Waals surface area contributed by atoms with Gasteiger partial charge in [0.15, 0.2) is 11.6 Å². The van der Waals surface area contributed by atoms with E-state index in [9.17, 15) is 13.2 Å². The Bertz CT molecular complexity index is 615. The summed E-state index contributed by atoms with van der Waals surface area (Å²) < 4.78 is 43.5. The van der Waals surface area contributed by atoms with Crippen molar-refractivity contribution >= 4 is 11.4 Å². The number of aryl methyl sites for hydroxylation is 1. The average molecular weight is 300 g/mol. The molecular formula is C13H15F3N4O. The third kappa shape index (κ3) is 4.04. The number of nitrogens with zero attached hydrogens (tertiary/aromatic N) is 2. The lowest BCUT2D eigenvalue weighted by atomic mass is 10.2. The summed E-state index contributed by atoms with van der Waals surface area (Å²) in [5.41, 5.74) is 7.12. The molecule has 1 aromatic heterocycles. The van der Waals surface area contributed by atoms with E-state index in [-0.39, 0.29) is 5.69 Å². The third-order valence-electron chi connectivity index (χ3n) is 2.81. The maximum absolute atomic E-state index is 13.4. The van der Waals surface area contributed by atoms with Crippen LogP contribution in [0.3, 0.4) is 0 Å². The monoisotopic (exact) mass is 300 g/mol. The van der Waals surface area contributed by atoms with E-state index in [0.717, 1.165) is 17.7 Å². The normalized spacial score (nSPS) is 10.9. The van der Waals surface area contributed by atoms with E-state index >= 15 is 0 Å². The summed E-state index contributed by atoms with van der Waals surface area (Å²) >= 11 is 0. The van der Waals surface area contributed by atoms with Crippen molar-refractivity contribution in [3.8, 4) is 5.75 Å². The van der Waals surface area contributed by atoms with E-state index in [4.69, 9.17) is 5.73 Å². The maximum Gasteiger partial charge on any atom is 0.387 e. The van der Waals surface area contributed by atoms with Gasteiger partial charge in [-0.15, -0.1) is 0 Å². The van der Waals surface area contributed by atoms with Gasteiger partial charge in [-0.25, -0.2) is 4.39 Å². The molecule has 8 heteroatoms. The largest absolute Gasteiger partial charge is 0.432 e. The third-order valence-corrected chi connectivity index (χ3v) is 2.81. The van der Waals surface area contributed by atoms with E-state index in [1.165, 1.54) is 0 Å². The molecule has 0 aliphatic heterocycles. The lowest BCUT2D eigenvalue weighted by Gasteiger charge is -2.12. The predicted molar refractivity (Wildman–Crippen MR) is 72.8 cm³/mol. The van der Waals surface area contributed by atoms with Gasteiger partial charge in [-0.2, -0.15) is 13.9 Å². The van der Waals surface area contributed by atoms with Gasteiger partial charge in [0.2, 0.25) is 0 Å². The smallest absolute Gasteiger partial charge is 0.387 e. The van der Waals surface area contributed by atoms with Gasteiger partial charge in [0.1, 0.15) is 0 Å². The number of anilines is 2. The molecule has 1 aromatic carbocycles. The van der Waals surface area contributed by atoms with E-state index < -0.39 is 18.2 Å². The minimum absolute atomic E-state index is 0.125. The second kappa shape index (κ2) is 6.38. The van der Waals surface area contributed by atoms with Crippen LogP contribution in [0, 0.1) is 5.82 Å². The lowest BCUT2D eigenvalue weighted by molar-refractivity contribution is -0.0521. The number of nitrogens with two attached hydrogens (primary N) is 1. The van der Waals surface area contributed by atoms with Crippen LogP contribution in [0.4, 0.5) is 24.5 Å². The van der Waals surface area contributed by atoms with Crippen LogP contribution in [-0.2, 0) is 13.5 Å². The molecule has 1 heterocycles. The molecule has 0 aliphatic carbocycles. The number of ether oxygens (including phenoxy) is 1. The summed E-state index contributed by atoms with van der Waals surface area (Å²) in [7, 11) is 1.81. The summed E-state index contributed by atoms with van der Waals surface area (Å²) in [6, 6.07) is 2.07. The Balaban J connectivity index is 2.01. The van der Waals surface area contributed by atoms with Crippen LogP contribution in [0.15, 0.2) is 24.5 Å². The Morgan fingerprint density at radius 3 is 2.81 bits per heavy atom. The van der Waals surface area contributed by atoms with Crippen molar-refractivity contribution < 1.29 is 17.9 Å². The molecule has 5 nitrogen and oxygen atoms in total. The molecule has 21 heavy (non-hydrogen) atoms. The minimum Gasteiger partial charge on any atom is -0.432 e. The summed E-state index contributed by atoms with van der Waals surface area (Å²) in [6.07, 6.45) is 4.25. The first-order valence-corrected chi connectivity index (χ1v) is 6.21. The first kappa shape index (κ1) is 15.0. The molecule has 0 aliphatic rings. The number of nitrogen functional groups attached to an aromatic ring is 1. The number of aromatic nitrogens is 2. The summed E-state index contributed by atoms with van der Waals surface area (Å²) in [4.78, 5) is 0. The zero-order valence-corrected chi connectivity index (χ0v) is 11.3. The molecule has 114 valence electrons. The standard InChI is InChI=1S/C13H15F3N4O/c1-20-7-8(6-19-20)2-3-18-11-5-12(21-13(15)16)9(14)4-10(11)17/h4-7,13,18H,2-3,17H2,1H3. The fraction of sp³-hybridized carbons (Fsp3) is 0.308. The number of hydrogen-bond donors (Lipinski definition) is 2. The quantitative estimate of drug-likeness (QED) is 0.804. The van der Waals surface area contributed by atoms with Gasteiger partial charge in [-0.1, -0.05) is 0 Å². The Hall–Kier alpha value is -2.38. The fourth-order valence-electron chi connectivity index (χ4n) is 1.85. The van der Waals surface area contributed by atoms with Crippen LogP contribution in [0.1, 0.15) is 5.56 Å². The van der Waals surface area contributed by atoms with Crippen LogP contribution in [0.25, 0.3) is 0 Å². The van der Waals surface area contributed by atoms with Crippen molar-refractivity contribution in [2.75, 3.05) is 17.6 Å². The van der Waals surface area contributed by atoms with Crippen molar-refractivity contribution in [1.29, 1.82) is 0 Å². The van der Waals surface area contributed by atoms with Crippen molar-refractivity contribution in [3.05, 3.63) is 35.9 Å². The van der Waals surface area contributed by atoms with E-state index in [2.05, 4.69) is 15.2 Å². The Morgan fingerprint density at radius 2 is 2.19 bits per heavy atom. The van der Waals surface area contributed by atoms with E-state index in [0.29, 0.717) is 18.7 Å².